The predicted molar refractivity (Wildman–Crippen MR) is 63.6 cm³/mol. The molecule has 0 amide bonds. The third-order valence-electron chi connectivity index (χ3n) is 2.06. The van der Waals surface area contributed by atoms with Crippen molar-refractivity contribution in [1.29, 1.82) is 0 Å². The molecule has 0 fully saturated rings. The number of nitrogens with zero attached hydrogens (tertiary/aromatic N) is 3. The molecule has 1 heterocycles. The van der Waals surface area contributed by atoms with E-state index < -0.39 is 5.97 Å². The quantitative estimate of drug-likeness (QED) is 0.759. The number of aliphatic carboxylic acids is 1. The van der Waals surface area contributed by atoms with Crippen molar-refractivity contribution in [2.24, 2.45) is 0 Å². The maximum Gasteiger partial charge on any atom is 0.317 e. The van der Waals surface area contributed by atoms with Crippen LogP contribution >= 0.6 is 11.3 Å². The smallest absolute Gasteiger partial charge is 0.317 e. The molecule has 1 rings (SSSR count). The maximum absolute atomic E-state index is 10.7. The van der Waals surface area contributed by atoms with Gasteiger partial charge in [0.25, 0.3) is 0 Å². The summed E-state index contributed by atoms with van der Waals surface area (Å²) in [5, 5.41) is 11.7. The number of thiazole rings is 1. The highest BCUT2D eigenvalue weighted by molar-refractivity contribution is 7.09. The third-order valence-corrected chi connectivity index (χ3v) is 2.83. The first kappa shape index (κ1) is 13.1. The van der Waals surface area contributed by atoms with Crippen LogP contribution in [0, 0.1) is 0 Å². The van der Waals surface area contributed by atoms with E-state index in [9.17, 15) is 4.79 Å². The van der Waals surface area contributed by atoms with E-state index >= 15 is 0 Å². The summed E-state index contributed by atoms with van der Waals surface area (Å²) in [6.45, 7) is 2.25. The zero-order valence-electron chi connectivity index (χ0n) is 9.59. The zero-order chi connectivity index (χ0) is 12.0. The largest absolute Gasteiger partial charge is 0.480 e. The number of hydrogen-bond donors (Lipinski definition) is 1. The average Bonchev–Trinajstić information content (AvgIpc) is 2.66. The lowest BCUT2D eigenvalue weighted by Gasteiger charge is -2.21. The molecule has 0 aromatic carbocycles. The van der Waals surface area contributed by atoms with Gasteiger partial charge < -0.3 is 10.0 Å². The first-order valence-electron chi connectivity index (χ1n) is 5.05. The molecule has 0 spiro atoms. The van der Waals surface area contributed by atoms with Crippen LogP contribution < -0.4 is 0 Å². The van der Waals surface area contributed by atoms with Crippen molar-refractivity contribution in [3.05, 3.63) is 16.6 Å². The van der Waals surface area contributed by atoms with Gasteiger partial charge in [-0.15, -0.1) is 11.3 Å². The number of likely N-dealkylation sites (N-methyl/N-ethyl adjacent to an activating group) is 1. The van der Waals surface area contributed by atoms with Crippen LogP contribution in [-0.4, -0.2) is 59.6 Å². The van der Waals surface area contributed by atoms with Gasteiger partial charge in [-0.2, -0.15) is 0 Å². The molecule has 0 saturated heterocycles. The van der Waals surface area contributed by atoms with Crippen molar-refractivity contribution in [1.82, 2.24) is 14.8 Å². The topological polar surface area (TPSA) is 56.7 Å². The molecule has 0 unspecified atom stereocenters. The fraction of sp³-hybridized carbons (Fsp3) is 0.600. The van der Waals surface area contributed by atoms with Crippen LogP contribution in [0.15, 0.2) is 11.6 Å². The van der Waals surface area contributed by atoms with Gasteiger partial charge in [-0.1, -0.05) is 0 Å². The lowest BCUT2D eigenvalue weighted by Crippen LogP contribution is -2.35. The minimum absolute atomic E-state index is 0.0629. The molecule has 1 aromatic heterocycles. The molecule has 16 heavy (non-hydrogen) atoms. The van der Waals surface area contributed by atoms with E-state index in [0.717, 1.165) is 18.1 Å². The highest BCUT2D eigenvalue weighted by atomic mass is 32.1. The molecule has 0 radical (unpaired) electrons. The molecular weight excluding hydrogens is 226 g/mol. The Morgan fingerprint density at radius 2 is 2.25 bits per heavy atom. The summed E-state index contributed by atoms with van der Waals surface area (Å²) in [4.78, 5) is 18.8. The van der Waals surface area contributed by atoms with Gasteiger partial charge in [0.2, 0.25) is 0 Å². The van der Waals surface area contributed by atoms with Gasteiger partial charge in [-0.05, 0) is 14.1 Å². The normalized spacial score (nSPS) is 11.2. The predicted octanol–water partition coefficient (Wildman–Crippen LogP) is 0.591. The van der Waals surface area contributed by atoms with E-state index in [1.54, 1.807) is 17.5 Å². The van der Waals surface area contributed by atoms with Crippen molar-refractivity contribution >= 4 is 17.3 Å². The van der Waals surface area contributed by atoms with Gasteiger partial charge in [0.05, 0.1) is 13.1 Å². The molecule has 5 nitrogen and oxygen atoms in total. The Morgan fingerprint density at radius 1 is 1.50 bits per heavy atom. The van der Waals surface area contributed by atoms with Crippen molar-refractivity contribution < 1.29 is 9.90 Å². The van der Waals surface area contributed by atoms with Crippen molar-refractivity contribution in [2.45, 2.75) is 6.54 Å². The number of rotatable bonds is 7. The van der Waals surface area contributed by atoms with Gasteiger partial charge in [-0.3, -0.25) is 9.69 Å². The van der Waals surface area contributed by atoms with Crippen molar-refractivity contribution in [3.8, 4) is 0 Å². The average molecular weight is 243 g/mol. The van der Waals surface area contributed by atoms with Gasteiger partial charge in [0.15, 0.2) is 0 Å². The van der Waals surface area contributed by atoms with Crippen LogP contribution in [0.1, 0.15) is 5.01 Å². The minimum Gasteiger partial charge on any atom is -0.480 e. The summed E-state index contributed by atoms with van der Waals surface area (Å²) in [6, 6.07) is 0. The molecule has 6 heteroatoms. The molecule has 0 aliphatic rings. The van der Waals surface area contributed by atoms with E-state index in [1.807, 2.05) is 29.3 Å². The molecule has 0 aliphatic heterocycles. The van der Waals surface area contributed by atoms with Gasteiger partial charge >= 0.3 is 5.97 Å². The van der Waals surface area contributed by atoms with Crippen LogP contribution in [0.4, 0.5) is 0 Å². The van der Waals surface area contributed by atoms with E-state index in [2.05, 4.69) is 4.98 Å². The van der Waals surface area contributed by atoms with E-state index in [-0.39, 0.29) is 6.54 Å². The Hall–Kier alpha value is -0.980. The molecule has 90 valence electrons. The molecule has 0 saturated carbocycles. The van der Waals surface area contributed by atoms with E-state index in [0.29, 0.717) is 6.54 Å². The SMILES string of the molecule is CN(C)CCN(CC(=O)O)Cc1nccs1. The first-order valence-corrected chi connectivity index (χ1v) is 5.93. The summed E-state index contributed by atoms with van der Waals surface area (Å²) in [5.41, 5.74) is 0. The monoisotopic (exact) mass is 243 g/mol. The Morgan fingerprint density at radius 3 is 2.75 bits per heavy atom. The van der Waals surface area contributed by atoms with Crippen LogP contribution in [0.3, 0.4) is 0 Å². The standard InChI is InChI=1S/C10H17N3O2S/c1-12(2)4-5-13(8-10(14)15)7-9-11-3-6-16-9/h3,6H,4-5,7-8H2,1-2H3,(H,14,15). The Balaban J connectivity index is 2.46. The summed E-state index contributed by atoms with van der Waals surface area (Å²) in [6.07, 6.45) is 1.74. The van der Waals surface area contributed by atoms with Crippen molar-refractivity contribution in [3.63, 3.8) is 0 Å². The van der Waals surface area contributed by atoms with Gasteiger partial charge in [0.1, 0.15) is 5.01 Å². The second-order valence-corrected chi connectivity index (χ2v) is 4.81. The Bertz CT molecular complexity index is 314. The van der Waals surface area contributed by atoms with E-state index in [4.69, 9.17) is 5.11 Å². The minimum atomic E-state index is -0.796. The van der Waals surface area contributed by atoms with Crippen molar-refractivity contribution in [2.75, 3.05) is 33.7 Å². The number of aromatic nitrogens is 1. The number of carbonyl (C=O) groups is 1. The highest BCUT2D eigenvalue weighted by Crippen LogP contribution is 2.07. The van der Waals surface area contributed by atoms with Crippen LogP contribution in [0.25, 0.3) is 0 Å². The number of hydrogen-bond acceptors (Lipinski definition) is 5. The highest BCUT2D eigenvalue weighted by Gasteiger charge is 2.11. The molecule has 1 aromatic rings. The number of carboxylic acid groups (broad SMARTS) is 1. The second kappa shape index (κ2) is 6.57. The summed E-state index contributed by atoms with van der Waals surface area (Å²) < 4.78 is 0. The van der Waals surface area contributed by atoms with Gasteiger partial charge in [0, 0.05) is 24.7 Å². The Kier molecular flexibility index (Phi) is 5.37. The number of carboxylic acids is 1. The van der Waals surface area contributed by atoms with Crippen LogP contribution in [0.2, 0.25) is 0 Å². The summed E-state index contributed by atoms with van der Waals surface area (Å²) >= 11 is 1.55. The Labute approximate surface area is 99.3 Å². The fourth-order valence-electron chi connectivity index (χ4n) is 1.27. The fourth-order valence-corrected chi connectivity index (χ4v) is 1.93. The lowest BCUT2D eigenvalue weighted by molar-refractivity contribution is -0.138. The van der Waals surface area contributed by atoms with Gasteiger partial charge in [-0.25, -0.2) is 4.98 Å². The lowest BCUT2D eigenvalue weighted by atomic mass is 10.4. The summed E-state index contributed by atoms with van der Waals surface area (Å²) in [7, 11) is 3.95. The maximum atomic E-state index is 10.7. The molecular formula is C10H17N3O2S. The molecule has 0 aliphatic carbocycles. The first-order chi connectivity index (χ1) is 7.58. The second-order valence-electron chi connectivity index (χ2n) is 3.83. The van der Waals surface area contributed by atoms with Crippen LogP contribution in [-0.2, 0) is 11.3 Å². The van der Waals surface area contributed by atoms with E-state index in [1.165, 1.54) is 0 Å². The molecule has 0 bridgehead atoms. The zero-order valence-corrected chi connectivity index (χ0v) is 10.4. The summed E-state index contributed by atoms with van der Waals surface area (Å²) in [5.74, 6) is -0.796. The molecule has 1 N–H and O–H groups in total. The molecule has 0 atom stereocenters. The van der Waals surface area contributed by atoms with Crippen LogP contribution in [0.5, 0.6) is 0 Å². The third kappa shape index (κ3) is 5.20.